The molecule has 0 unspecified atom stereocenters. The number of hydrogen-bond acceptors (Lipinski definition) is 6. The average Bonchev–Trinajstić information content (AvgIpc) is 3.35. The minimum Gasteiger partial charge on any atom is -0.486 e. The van der Waals surface area contributed by atoms with Crippen molar-refractivity contribution < 1.29 is 27.9 Å². The predicted octanol–water partition coefficient (Wildman–Crippen LogP) is 2.92. The number of carbonyl (C=O) groups is 2. The average molecular weight is 355 g/mol. The fraction of sp³-hybridized carbons (Fsp3) is 0.158. The van der Waals surface area contributed by atoms with Crippen molar-refractivity contribution >= 4 is 11.9 Å². The van der Waals surface area contributed by atoms with Gasteiger partial charge in [0, 0.05) is 0 Å². The van der Waals surface area contributed by atoms with Crippen LogP contribution in [0.15, 0.2) is 69.7 Å². The van der Waals surface area contributed by atoms with Crippen molar-refractivity contribution in [1.82, 2.24) is 5.32 Å². The third-order valence-corrected chi connectivity index (χ3v) is 3.36. The van der Waals surface area contributed by atoms with E-state index in [1.165, 1.54) is 12.3 Å². The first-order valence-electron chi connectivity index (χ1n) is 7.93. The molecule has 0 spiro atoms. The lowest BCUT2D eigenvalue weighted by molar-refractivity contribution is -0.124. The van der Waals surface area contributed by atoms with Crippen molar-refractivity contribution in [3.63, 3.8) is 0 Å². The second-order valence-corrected chi connectivity index (χ2v) is 5.30. The van der Waals surface area contributed by atoms with Gasteiger partial charge in [-0.25, -0.2) is 4.79 Å². The van der Waals surface area contributed by atoms with E-state index in [4.69, 9.17) is 18.3 Å². The van der Waals surface area contributed by atoms with Crippen LogP contribution in [0.5, 0.6) is 5.75 Å². The minimum atomic E-state index is -0.718. The Labute approximate surface area is 149 Å². The summed E-state index contributed by atoms with van der Waals surface area (Å²) in [5.41, 5.74) is 0. The fourth-order valence-electron chi connectivity index (χ4n) is 2.09. The van der Waals surface area contributed by atoms with Crippen LogP contribution in [0.25, 0.3) is 0 Å². The first-order chi connectivity index (χ1) is 12.7. The molecule has 0 saturated carbocycles. The highest BCUT2D eigenvalue weighted by molar-refractivity contribution is 5.88. The summed E-state index contributed by atoms with van der Waals surface area (Å²) in [5, 5.41) is 2.58. The van der Waals surface area contributed by atoms with Crippen molar-refractivity contribution in [2.45, 2.75) is 13.2 Å². The molecule has 1 aromatic carbocycles. The Morgan fingerprint density at radius 3 is 2.58 bits per heavy atom. The predicted molar refractivity (Wildman–Crippen MR) is 90.3 cm³/mol. The molecule has 0 bridgehead atoms. The van der Waals surface area contributed by atoms with Gasteiger partial charge in [-0.15, -0.1) is 0 Å². The molecule has 7 heteroatoms. The monoisotopic (exact) mass is 355 g/mol. The van der Waals surface area contributed by atoms with Crippen LogP contribution < -0.4 is 10.1 Å². The Hall–Kier alpha value is -3.48. The zero-order valence-corrected chi connectivity index (χ0v) is 13.8. The Bertz CT molecular complexity index is 838. The third kappa shape index (κ3) is 5.01. The summed E-state index contributed by atoms with van der Waals surface area (Å²) in [6.45, 7) is 0.00211. The zero-order valence-electron chi connectivity index (χ0n) is 13.8. The van der Waals surface area contributed by atoms with Crippen molar-refractivity contribution in [2.24, 2.45) is 0 Å². The molecule has 3 rings (SSSR count). The maximum Gasteiger partial charge on any atom is 0.374 e. The first kappa shape index (κ1) is 17.3. The van der Waals surface area contributed by atoms with Gasteiger partial charge in [-0.3, -0.25) is 4.79 Å². The van der Waals surface area contributed by atoms with Crippen molar-refractivity contribution in [2.75, 3.05) is 6.61 Å². The molecule has 1 N–H and O–H groups in total. The Morgan fingerprint density at radius 2 is 1.81 bits per heavy atom. The van der Waals surface area contributed by atoms with E-state index in [1.54, 1.807) is 18.2 Å². The quantitative estimate of drug-likeness (QED) is 0.625. The van der Waals surface area contributed by atoms with Crippen LogP contribution in [0.1, 0.15) is 22.1 Å². The van der Waals surface area contributed by atoms with Crippen molar-refractivity contribution in [1.29, 1.82) is 0 Å². The summed E-state index contributed by atoms with van der Waals surface area (Å²) in [6.07, 6.45) is 1.51. The second-order valence-electron chi connectivity index (χ2n) is 5.30. The summed E-state index contributed by atoms with van der Waals surface area (Å²) < 4.78 is 20.9. The normalized spacial score (nSPS) is 10.3. The number of carbonyl (C=O) groups excluding carboxylic acids is 2. The number of para-hydroxylation sites is 1. The number of ether oxygens (including phenoxy) is 2. The van der Waals surface area contributed by atoms with Crippen LogP contribution in [0.4, 0.5) is 0 Å². The first-order valence-corrected chi connectivity index (χ1v) is 7.93. The molecule has 7 nitrogen and oxygen atoms in total. The Balaban J connectivity index is 1.42. The summed E-state index contributed by atoms with van der Waals surface area (Å²) in [6, 6.07) is 15.8. The lowest BCUT2D eigenvalue weighted by atomic mass is 10.3. The molecular weight excluding hydrogens is 338 g/mol. The Kier molecular flexibility index (Phi) is 5.72. The van der Waals surface area contributed by atoms with Crippen molar-refractivity contribution in [3.05, 3.63) is 78.1 Å². The summed E-state index contributed by atoms with van der Waals surface area (Å²) in [7, 11) is 0. The number of nitrogens with one attached hydrogen (secondary N) is 1. The minimum absolute atomic E-state index is 0.00972. The van der Waals surface area contributed by atoms with Gasteiger partial charge in [-0.2, -0.15) is 0 Å². The van der Waals surface area contributed by atoms with Gasteiger partial charge in [0.15, 0.2) is 6.61 Å². The molecule has 3 aromatic rings. The third-order valence-electron chi connectivity index (χ3n) is 3.36. The highest BCUT2D eigenvalue weighted by Gasteiger charge is 2.15. The molecule has 0 aliphatic heterocycles. The molecule has 26 heavy (non-hydrogen) atoms. The number of benzene rings is 1. The second kappa shape index (κ2) is 8.57. The maximum absolute atomic E-state index is 11.9. The van der Waals surface area contributed by atoms with Crippen molar-refractivity contribution in [3.8, 4) is 5.75 Å². The smallest absolute Gasteiger partial charge is 0.374 e. The molecular formula is C19H17NO6. The molecule has 2 aromatic heterocycles. The summed E-state index contributed by atoms with van der Waals surface area (Å²) in [5.74, 6) is 0.636. The highest BCUT2D eigenvalue weighted by Crippen LogP contribution is 2.14. The standard InChI is InChI=1S/C19H17NO6/c21-18(20-11-15-7-4-10-23-15)13-25-19(22)17-9-8-16(26-17)12-24-14-5-2-1-3-6-14/h1-10H,11-13H2,(H,20,21). The van der Waals surface area contributed by atoms with Gasteiger partial charge in [-0.05, 0) is 36.4 Å². The molecule has 0 aliphatic rings. The summed E-state index contributed by atoms with van der Waals surface area (Å²) in [4.78, 5) is 23.6. The molecule has 0 aliphatic carbocycles. The van der Waals surface area contributed by atoms with E-state index < -0.39 is 18.5 Å². The van der Waals surface area contributed by atoms with E-state index in [1.807, 2.05) is 30.3 Å². The van der Waals surface area contributed by atoms with Crippen LogP contribution in [-0.2, 0) is 22.7 Å². The van der Waals surface area contributed by atoms with Gasteiger partial charge in [0.25, 0.3) is 5.91 Å². The molecule has 134 valence electrons. The van der Waals surface area contributed by atoms with Gasteiger partial charge >= 0.3 is 5.97 Å². The van der Waals surface area contributed by atoms with Crippen LogP contribution in [0, 0.1) is 0 Å². The molecule has 1 amide bonds. The number of esters is 1. The zero-order chi connectivity index (χ0) is 18.2. The molecule has 0 saturated heterocycles. The topological polar surface area (TPSA) is 90.9 Å². The van der Waals surface area contributed by atoms with Crippen LogP contribution >= 0.6 is 0 Å². The largest absolute Gasteiger partial charge is 0.486 e. The molecule has 0 atom stereocenters. The number of amides is 1. The van der Waals surface area contributed by atoms with Gasteiger partial charge < -0.3 is 23.6 Å². The SMILES string of the molecule is O=C(COC(=O)c1ccc(COc2ccccc2)o1)NCc1ccco1. The molecule has 0 radical (unpaired) electrons. The summed E-state index contributed by atoms with van der Waals surface area (Å²) >= 11 is 0. The van der Waals surface area contributed by atoms with Gasteiger partial charge in [0.05, 0.1) is 12.8 Å². The Morgan fingerprint density at radius 1 is 0.962 bits per heavy atom. The van der Waals surface area contributed by atoms with Gasteiger partial charge in [-0.1, -0.05) is 18.2 Å². The molecule has 0 fully saturated rings. The lowest BCUT2D eigenvalue weighted by Gasteiger charge is -2.04. The van der Waals surface area contributed by atoms with Crippen LogP contribution in [0.3, 0.4) is 0 Å². The van der Waals surface area contributed by atoms with E-state index in [0.717, 1.165) is 0 Å². The van der Waals surface area contributed by atoms with Gasteiger partial charge in [0.1, 0.15) is 23.9 Å². The number of hydrogen-bond donors (Lipinski definition) is 1. The van der Waals surface area contributed by atoms with E-state index in [0.29, 0.717) is 17.3 Å². The lowest BCUT2D eigenvalue weighted by Crippen LogP contribution is -2.28. The van der Waals surface area contributed by atoms with Gasteiger partial charge in [0.2, 0.25) is 5.76 Å². The fourth-order valence-corrected chi connectivity index (χ4v) is 2.09. The van der Waals surface area contributed by atoms with E-state index >= 15 is 0 Å². The van der Waals surface area contributed by atoms with Crippen LogP contribution in [-0.4, -0.2) is 18.5 Å². The molecule has 2 heterocycles. The highest BCUT2D eigenvalue weighted by atomic mass is 16.6. The van der Waals surface area contributed by atoms with E-state index in [-0.39, 0.29) is 18.9 Å². The van der Waals surface area contributed by atoms with E-state index in [2.05, 4.69) is 5.32 Å². The maximum atomic E-state index is 11.9. The number of furan rings is 2. The van der Waals surface area contributed by atoms with E-state index in [9.17, 15) is 9.59 Å². The number of rotatable bonds is 8. The van der Waals surface area contributed by atoms with Crippen LogP contribution in [0.2, 0.25) is 0 Å².